The van der Waals surface area contributed by atoms with Crippen LogP contribution in [0.25, 0.3) is 0 Å². The van der Waals surface area contributed by atoms with Crippen molar-refractivity contribution in [3.05, 3.63) is 29.1 Å². The summed E-state index contributed by atoms with van der Waals surface area (Å²) in [7, 11) is 0. The largest absolute Gasteiger partial charge is 0.507 e. The van der Waals surface area contributed by atoms with Gasteiger partial charge in [0.25, 0.3) is 0 Å². The second kappa shape index (κ2) is 4.33. The van der Waals surface area contributed by atoms with Crippen LogP contribution in [0.4, 0.5) is 4.39 Å². The number of hydrogen-bond acceptors (Lipinski definition) is 3. The summed E-state index contributed by atoms with van der Waals surface area (Å²) >= 11 is 0. The van der Waals surface area contributed by atoms with Crippen LogP contribution in [0, 0.1) is 11.7 Å². The smallest absolute Gasteiger partial charge is 0.339 e. The standard InChI is InChI=1S/C12H14FNO3/c13-8-4-3-7(12(16)17)11(15)10(8)9(14)5-6-1-2-6/h3-4,6,9,15H,1-2,5,14H2,(H,16,17)/t9-/m0/s1. The van der Waals surface area contributed by atoms with Gasteiger partial charge in [0.1, 0.15) is 17.1 Å². The van der Waals surface area contributed by atoms with E-state index >= 15 is 0 Å². The molecule has 0 spiro atoms. The van der Waals surface area contributed by atoms with Crippen LogP contribution in [-0.2, 0) is 0 Å². The number of benzene rings is 1. The number of carboxylic acids is 1. The van der Waals surface area contributed by atoms with Crippen molar-refractivity contribution in [1.82, 2.24) is 0 Å². The highest BCUT2D eigenvalue weighted by molar-refractivity contribution is 5.91. The van der Waals surface area contributed by atoms with Crippen molar-refractivity contribution in [2.45, 2.75) is 25.3 Å². The zero-order chi connectivity index (χ0) is 12.6. The average Bonchev–Trinajstić information content (AvgIpc) is 3.00. The van der Waals surface area contributed by atoms with Gasteiger partial charge in [-0.3, -0.25) is 0 Å². The molecule has 17 heavy (non-hydrogen) atoms. The molecule has 92 valence electrons. The number of aromatic hydroxyl groups is 1. The van der Waals surface area contributed by atoms with Gasteiger partial charge in [-0.1, -0.05) is 12.8 Å². The maximum atomic E-state index is 13.6. The summed E-state index contributed by atoms with van der Waals surface area (Å²) < 4.78 is 13.6. The number of carboxylic acid groups (broad SMARTS) is 1. The number of hydrogen-bond donors (Lipinski definition) is 3. The average molecular weight is 239 g/mol. The lowest BCUT2D eigenvalue weighted by atomic mass is 9.98. The van der Waals surface area contributed by atoms with E-state index in [1.165, 1.54) is 0 Å². The van der Waals surface area contributed by atoms with Crippen molar-refractivity contribution in [3.8, 4) is 5.75 Å². The van der Waals surface area contributed by atoms with E-state index in [-0.39, 0.29) is 11.1 Å². The highest BCUT2D eigenvalue weighted by atomic mass is 19.1. The molecule has 4 N–H and O–H groups in total. The molecule has 0 amide bonds. The predicted molar refractivity (Wildman–Crippen MR) is 59.3 cm³/mol. The molecule has 0 aromatic heterocycles. The number of phenols is 1. The Balaban J connectivity index is 2.35. The molecule has 2 rings (SSSR count). The molecule has 0 unspecified atom stereocenters. The van der Waals surface area contributed by atoms with Crippen molar-refractivity contribution in [1.29, 1.82) is 0 Å². The van der Waals surface area contributed by atoms with Crippen LogP contribution < -0.4 is 5.73 Å². The fourth-order valence-corrected chi connectivity index (χ4v) is 1.94. The fourth-order valence-electron chi connectivity index (χ4n) is 1.94. The van der Waals surface area contributed by atoms with E-state index in [9.17, 15) is 14.3 Å². The third-order valence-electron chi connectivity index (χ3n) is 3.05. The first kappa shape index (κ1) is 11.9. The summed E-state index contributed by atoms with van der Waals surface area (Å²) in [5.74, 6) is -2.02. The lowest BCUT2D eigenvalue weighted by Gasteiger charge is -2.15. The van der Waals surface area contributed by atoms with Gasteiger partial charge in [-0.2, -0.15) is 0 Å². The van der Waals surface area contributed by atoms with Crippen LogP contribution in [0.15, 0.2) is 12.1 Å². The molecule has 1 aromatic rings. The third kappa shape index (κ3) is 2.39. The Bertz CT molecular complexity index is 457. The van der Waals surface area contributed by atoms with Crippen molar-refractivity contribution >= 4 is 5.97 Å². The van der Waals surface area contributed by atoms with Gasteiger partial charge < -0.3 is 15.9 Å². The van der Waals surface area contributed by atoms with Crippen LogP contribution in [0.3, 0.4) is 0 Å². The first-order chi connectivity index (χ1) is 8.00. The minimum absolute atomic E-state index is 0.0863. The topological polar surface area (TPSA) is 83.6 Å². The first-order valence-electron chi connectivity index (χ1n) is 5.51. The molecule has 0 aliphatic heterocycles. The number of aromatic carboxylic acids is 1. The molecule has 1 fully saturated rings. The second-order valence-corrected chi connectivity index (χ2v) is 4.45. The fraction of sp³-hybridized carbons (Fsp3) is 0.417. The lowest BCUT2D eigenvalue weighted by Crippen LogP contribution is -2.14. The van der Waals surface area contributed by atoms with Gasteiger partial charge in [-0.25, -0.2) is 9.18 Å². The molecule has 1 aliphatic rings. The SMILES string of the molecule is N[C@@H](CC1CC1)c1c(F)ccc(C(=O)O)c1O. The number of rotatable bonds is 4. The summed E-state index contributed by atoms with van der Waals surface area (Å²) in [6.07, 6.45) is 2.71. The molecular weight excluding hydrogens is 225 g/mol. The summed E-state index contributed by atoms with van der Waals surface area (Å²) in [4.78, 5) is 10.8. The van der Waals surface area contributed by atoms with Crippen LogP contribution in [0.5, 0.6) is 5.75 Å². The Morgan fingerprint density at radius 3 is 2.71 bits per heavy atom. The number of halogens is 1. The van der Waals surface area contributed by atoms with Gasteiger partial charge in [0.2, 0.25) is 0 Å². The zero-order valence-electron chi connectivity index (χ0n) is 9.19. The van der Waals surface area contributed by atoms with E-state index in [2.05, 4.69) is 0 Å². The van der Waals surface area contributed by atoms with Gasteiger partial charge in [0.15, 0.2) is 0 Å². The maximum Gasteiger partial charge on any atom is 0.339 e. The van der Waals surface area contributed by atoms with Crippen LogP contribution in [-0.4, -0.2) is 16.2 Å². The molecule has 0 saturated heterocycles. The lowest BCUT2D eigenvalue weighted by molar-refractivity contribution is 0.0693. The summed E-state index contributed by atoms with van der Waals surface area (Å²) in [5.41, 5.74) is 5.42. The molecular formula is C12H14FNO3. The van der Waals surface area contributed by atoms with Crippen molar-refractivity contribution in [2.24, 2.45) is 11.7 Å². The normalized spacial score (nSPS) is 16.8. The first-order valence-corrected chi connectivity index (χ1v) is 5.51. The molecule has 0 heterocycles. The second-order valence-electron chi connectivity index (χ2n) is 4.45. The van der Waals surface area contributed by atoms with E-state index in [4.69, 9.17) is 10.8 Å². The van der Waals surface area contributed by atoms with Gasteiger partial charge in [-0.05, 0) is 24.5 Å². The third-order valence-corrected chi connectivity index (χ3v) is 3.05. The molecule has 1 aromatic carbocycles. The van der Waals surface area contributed by atoms with E-state index in [0.29, 0.717) is 12.3 Å². The molecule has 4 nitrogen and oxygen atoms in total. The monoisotopic (exact) mass is 239 g/mol. The number of nitrogens with two attached hydrogens (primary N) is 1. The Labute approximate surface area is 97.9 Å². The Morgan fingerprint density at radius 2 is 2.18 bits per heavy atom. The Morgan fingerprint density at radius 1 is 1.53 bits per heavy atom. The van der Waals surface area contributed by atoms with E-state index in [1.807, 2.05) is 0 Å². The van der Waals surface area contributed by atoms with Crippen LogP contribution in [0.1, 0.15) is 41.2 Å². The van der Waals surface area contributed by atoms with Crippen molar-refractivity contribution in [3.63, 3.8) is 0 Å². The molecule has 1 saturated carbocycles. The number of carbonyl (C=O) groups is 1. The molecule has 0 bridgehead atoms. The highest BCUT2D eigenvalue weighted by Crippen LogP contribution is 2.40. The molecule has 1 aliphatic carbocycles. The minimum Gasteiger partial charge on any atom is -0.507 e. The quantitative estimate of drug-likeness (QED) is 0.750. The Hall–Kier alpha value is -1.62. The van der Waals surface area contributed by atoms with Crippen LogP contribution in [0.2, 0.25) is 0 Å². The van der Waals surface area contributed by atoms with Gasteiger partial charge >= 0.3 is 5.97 Å². The van der Waals surface area contributed by atoms with E-state index in [0.717, 1.165) is 25.0 Å². The molecule has 0 radical (unpaired) electrons. The highest BCUT2D eigenvalue weighted by Gasteiger charge is 2.28. The van der Waals surface area contributed by atoms with E-state index < -0.39 is 23.6 Å². The Kier molecular flexibility index (Phi) is 3.02. The van der Waals surface area contributed by atoms with Crippen LogP contribution >= 0.6 is 0 Å². The molecule has 5 heteroatoms. The van der Waals surface area contributed by atoms with Gasteiger partial charge in [0, 0.05) is 11.6 Å². The summed E-state index contributed by atoms with van der Waals surface area (Å²) in [6, 6.07) is 1.42. The zero-order valence-corrected chi connectivity index (χ0v) is 9.19. The van der Waals surface area contributed by atoms with Crippen molar-refractivity contribution < 1.29 is 19.4 Å². The predicted octanol–water partition coefficient (Wildman–Crippen LogP) is 2.03. The summed E-state index contributed by atoms with van der Waals surface area (Å²) in [5, 5.41) is 18.6. The van der Waals surface area contributed by atoms with Gasteiger partial charge in [-0.15, -0.1) is 0 Å². The summed E-state index contributed by atoms with van der Waals surface area (Å²) in [6.45, 7) is 0. The van der Waals surface area contributed by atoms with Crippen molar-refractivity contribution in [2.75, 3.05) is 0 Å². The molecule has 1 atom stereocenters. The van der Waals surface area contributed by atoms with E-state index in [1.54, 1.807) is 0 Å². The van der Waals surface area contributed by atoms with Gasteiger partial charge in [0.05, 0.1) is 0 Å². The minimum atomic E-state index is -1.29. The maximum absolute atomic E-state index is 13.6.